The van der Waals surface area contributed by atoms with Crippen LogP contribution in [0.5, 0.6) is 5.75 Å². The first-order valence-corrected chi connectivity index (χ1v) is 10.1. The molecule has 3 rings (SSSR count). The number of ether oxygens (including phenoxy) is 2. The summed E-state index contributed by atoms with van der Waals surface area (Å²) in [6.45, 7) is 6.35. The maximum atomic E-state index is 13.3. The molecule has 0 N–H and O–H groups in total. The Morgan fingerprint density at radius 2 is 1.73 bits per heavy atom. The van der Waals surface area contributed by atoms with E-state index < -0.39 is 10.0 Å². The molecule has 2 unspecified atom stereocenters. The Hall–Kier alpha value is -1.89. The van der Waals surface area contributed by atoms with Gasteiger partial charge in [-0.3, -0.25) is 0 Å². The molecule has 0 bridgehead atoms. The molecule has 1 saturated heterocycles. The summed E-state index contributed by atoms with van der Waals surface area (Å²) in [4.78, 5) is 0.212. The molecule has 2 aromatic rings. The summed E-state index contributed by atoms with van der Waals surface area (Å²) in [5, 5.41) is 0. The third kappa shape index (κ3) is 3.63. The van der Waals surface area contributed by atoms with E-state index in [9.17, 15) is 8.42 Å². The highest BCUT2D eigenvalue weighted by Gasteiger charge is 2.36. The maximum Gasteiger partial charge on any atom is 0.246 e. The predicted octanol–water partition coefficient (Wildman–Crippen LogP) is 3.46. The Morgan fingerprint density at radius 3 is 2.38 bits per heavy atom. The Labute approximate surface area is 155 Å². The van der Waals surface area contributed by atoms with E-state index in [2.05, 4.69) is 0 Å². The Kier molecular flexibility index (Phi) is 5.37. The standard InChI is InChI=1S/C20H25NO4S/c1-14-10-18(24-4)20(11-15(14)2)26(22,23)21-12-16(3)25-19(13-21)17-8-6-5-7-9-17/h5-11,16,19H,12-13H2,1-4H3. The summed E-state index contributed by atoms with van der Waals surface area (Å²) in [7, 11) is -2.19. The van der Waals surface area contributed by atoms with Gasteiger partial charge in [-0.2, -0.15) is 4.31 Å². The van der Waals surface area contributed by atoms with Crippen molar-refractivity contribution in [2.45, 2.75) is 37.9 Å². The van der Waals surface area contributed by atoms with Crippen LogP contribution in [0.2, 0.25) is 0 Å². The molecule has 2 atom stereocenters. The highest BCUT2D eigenvalue weighted by atomic mass is 32.2. The van der Waals surface area contributed by atoms with Crippen LogP contribution in [0.4, 0.5) is 0 Å². The molecule has 26 heavy (non-hydrogen) atoms. The van der Waals surface area contributed by atoms with Gasteiger partial charge in [0.15, 0.2) is 0 Å². The van der Waals surface area contributed by atoms with Gasteiger partial charge in [0.25, 0.3) is 0 Å². The maximum absolute atomic E-state index is 13.3. The number of morpholine rings is 1. The normalized spacial score (nSPS) is 21.5. The van der Waals surface area contributed by atoms with Gasteiger partial charge in [-0.1, -0.05) is 30.3 Å². The van der Waals surface area contributed by atoms with Crippen molar-refractivity contribution in [3.8, 4) is 5.75 Å². The van der Waals surface area contributed by atoms with E-state index in [-0.39, 0.29) is 23.6 Å². The molecule has 5 nitrogen and oxygen atoms in total. The summed E-state index contributed by atoms with van der Waals surface area (Å²) >= 11 is 0. The van der Waals surface area contributed by atoms with Crippen molar-refractivity contribution in [3.63, 3.8) is 0 Å². The van der Waals surface area contributed by atoms with Gasteiger partial charge in [0.1, 0.15) is 10.6 Å². The molecule has 0 aromatic heterocycles. The Bertz CT molecular complexity index is 880. The molecule has 0 aliphatic carbocycles. The molecular formula is C20H25NO4S. The van der Waals surface area contributed by atoms with Crippen LogP contribution in [0.3, 0.4) is 0 Å². The van der Waals surface area contributed by atoms with Crippen molar-refractivity contribution in [2.75, 3.05) is 20.2 Å². The summed E-state index contributed by atoms with van der Waals surface area (Å²) < 4.78 is 39.5. The zero-order chi connectivity index (χ0) is 18.9. The molecular weight excluding hydrogens is 350 g/mol. The topological polar surface area (TPSA) is 55.8 Å². The lowest BCUT2D eigenvalue weighted by atomic mass is 10.1. The first-order valence-electron chi connectivity index (χ1n) is 8.68. The smallest absolute Gasteiger partial charge is 0.246 e. The monoisotopic (exact) mass is 375 g/mol. The van der Waals surface area contributed by atoms with Gasteiger partial charge < -0.3 is 9.47 Å². The zero-order valence-electron chi connectivity index (χ0n) is 15.6. The van der Waals surface area contributed by atoms with Crippen LogP contribution < -0.4 is 4.74 Å². The summed E-state index contributed by atoms with van der Waals surface area (Å²) in [5.41, 5.74) is 2.90. The largest absolute Gasteiger partial charge is 0.495 e. The van der Waals surface area contributed by atoms with Crippen molar-refractivity contribution in [3.05, 3.63) is 59.2 Å². The van der Waals surface area contributed by atoms with Crippen molar-refractivity contribution in [1.82, 2.24) is 4.31 Å². The SMILES string of the molecule is COc1cc(C)c(C)cc1S(=O)(=O)N1CC(C)OC(c2ccccc2)C1. The van der Waals surface area contributed by atoms with Crippen LogP contribution in [0, 0.1) is 13.8 Å². The van der Waals surface area contributed by atoms with E-state index in [4.69, 9.17) is 9.47 Å². The number of methoxy groups -OCH3 is 1. The highest BCUT2D eigenvalue weighted by Crippen LogP contribution is 2.33. The molecule has 0 amide bonds. The summed E-state index contributed by atoms with van der Waals surface area (Å²) in [6, 6.07) is 13.2. The zero-order valence-corrected chi connectivity index (χ0v) is 16.4. The fraction of sp³-hybridized carbons (Fsp3) is 0.400. The number of aryl methyl sites for hydroxylation is 2. The molecule has 2 aromatic carbocycles. The minimum absolute atomic E-state index is 0.193. The summed E-state index contributed by atoms with van der Waals surface area (Å²) in [6.07, 6.45) is -0.478. The molecule has 0 saturated carbocycles. The number of sulfonamides is 1. The first-order chi connectivity index (χ1) is 12.3. The number of benzene rings is 2. The van der Waals surface area contributed by atoms with Gasteiger partial charge in [0.05, 0.1) is 19.3 Å². The van der Waals surface area contributed by atoms with E-state index in [0.29, 0.717) is 12.3 Å². The van der Waals surface area contributed by atoms with Crippen LogP contribution >= 0.6 is 0 Å². The molecule has 1 fully saturated rings. The lowest BCUT2D eigenvalue weighted by molar-refractivity contribution is -0.0557. The van der Waals surface area contributed by atoms with Crippen LogP contribution in [0.25, 0.3) is 0 Å². The van der Waals surface area contributed by atoms with Crippen molar-refractivity contribution in [2.24, 2.45) is 0 Å². The van der Waals surface area contributed by atoms with Crippen LogP contribution in [0.15, 0.2) is 47.4 Å². The fourth-order valence-corrected chi connectivity index (χ4v) is 4.96. The Morgan fingerprint density at radius 1 is 1.08 bits per heavy atom. The molecule has 0 spiro atoms. The van der Waals surface area contributed by atoms with Gasteiger partial charge in [0, 0.05) is 13.1 Å². The number of rotatable bonds is 4. The van der Waals surface area contributed by atoms with E-state index in [1.54, 1.807) is 12.1 Å². The quantitative estimate of drug-likeness (QED) is 0.821. The average molecular weight is 375 g/mol. The van der Waals surface area contributed by atoms with Gasteiger partial charge in [-0.25, -0.2) is 8.42 Å². The van der Waals surface area contributed by atoms with Gasteiger partial charge in [-0.15, -0.1) is 0 Å². The Balaban J connectivity index is 1.98. The van der Waals surface area contributed by atoms with E-state index in [1.165, 1.54) is 11.4 Å². The molecule has 1 aliphatic heterocycles. The summed E-state index contributed by atoms with van der Waals surface area (Å²) in [5.74, 6) is 0.378. The second kappa shape index (κ2) is 7.39. The van der Waals surface area contributed by atoms with Gasteiger partial charge in [0.2, 0.25) is 10.0 Å². The average Bonchev–Trinajstić information content (AvgIpc) is 2.63. The van der Waals surface area contributed by atoms with E-state index >= 15 is 0 Å². The number of nitrogens with zero attached hydrogens (tertiary/aromatic N) is 1. The lowest BCUT2D eigenvalue weighted by Crippen LogP contribution is -2.45. The minimum atomic E-state index is -3.69. The second-order valence-electron chi connectivity index (χ2n) is 6.76. The lowest BCUT2D eigenvalue weighted by Gasteiger charge is -2.36. The minimum Gasteiger partial charge on any atom is -0.495 e. The van der Waals surface area contributed by atoms with E-state index in [1.807, 2.05) is 51.1 Å². The molecule has 0 radical (unpaired) electrons. The predicted molar refractivity (Wildman–Crippen MR) is 101 cm³/mol. The first kappa shape index (κ1) is 18.9. The number of hydrogen-bond acceptors (Lipinski definition) is 4. The third-order valence-corrected chi connectivity index (χ3v) is 6.65. The molecule has 1 aliphatic rings. The molecule has 1 heterocycles. The highest BCUT2D eigenvalue weighted by molar-refractivity contribution is 7.89. The molecule has 6 heteroatoms. The molecule has 140 valence electrons. The van der Waals surface area contributed by atoms with Crippen molar-refractivity contribution in [1.29, 1.82) is 0 Å². The van der Waals surface area contributed by atoms with Gasteiger partial charge in [-0.05, 0) is 49.6 Å². The number of hydrogen-bond donors (Lipinski definition) is 0. The van der Waals surface area contributed by atoms with Crippen molar-refractivity contribution >= 4 is 10.0 Å². The van der Waals surface area contributed by atoms with E-state index in [0.717, 1.165) is 16.7 Å². The van der Waals surface area contributed by atoms with Gasteiger partial charge >= 0.3 is 0 Å². The second-order valence-corrected chi connectivity index (χ2v) is 8.66. The van der Waals surface area contributed by atoms with Crippen LogP contribution in [0.1, 0.15) is 29.7 Å². The van der Waals surface area contributed by atoms with Crippen molar-refractivity contribution < 1.29 is 17.9 Å². The third-order valence-electron chi connectivity index (χ3n) is 4.80. The fourth-order valence-electron chi connectivity index (χ4n) is 3.22. The van der Waals surface area contributed by atoms with Crippen LogP contribution in [-0.2, 0) is 14.8 Å². The van der Waals surface area contributed by atoms with Crippen LogP contribution in [-0.4, -0.2) is 39.0 Å².